The first kappa shape index (κ1) is 12.7. The Bertz CT molecular complexity index is 202. The number of hydrogen-bond donors (Lipinski definition) is 1. The summed E-state index contributed by atoms with van der Waals surface area (Å²) in [6, 6.07) is 0. The summed E-state index contributed by atoms with van der Waals surface area (Å²) in [6.07, 6.45) is 3.38. The summed E-state index contributed by atoms with van der Waals surface area (Å²) in [4.78, 5) is 0. The van der Waals surface area contributed by atoms with E-state index in [4.69, 9.17) is 5.73 Å². The second-order valence-electron chi connectivity index (χ2n) is 5.02. The van der Waals surface area contributed by atoms with E-state index in [9.17, 15) is 0 Å². The van der Waals surface area contributed by atoms with E-state index in [1.165, 1.54) is 12.8 Å². The Kier molecular flexibility index (Phi) is 4.73. The predicted octanol–water partition coefficient (Wildman–Crippen LogP) is 2.77. The highest BCUT2D eigenvalue weighted by Gasteiger charge is 2.15. The van der Waals surface area contributed by atoms with E-state index in [1.54, 1.807) is 0 Å². The molecule has 0 aliphatic heterocycles. The maximum absolute atomic E-state index is 6.06. The first-order valence-corrected chi connectivity index (χ1v) is 8.60. The third kappa shape index (κ3) is 8.08. The van der Waals surface area contributed by atoms with Gasteiger partial charge in [0, 0.05) is 0 Å². The fourth-order valence-corrected chi connectivity index (χ4v) is 1.60. The fourth-order valence-electron chi connectivity index (χ4n) is 0.937. The van der Waals surface area contributed by atoms with Crippen molar-refractivity contribution in [3.8, 4) is 11.5 Å². The van der Waals surface area contributed by atoms with Gasteiger partial charge in [-0.15, -0.1) is 5.54 Å². The van der Waals surface area contributed by atoms with Crippen molar-refractivity contribution in [3.05, 3.63) is 0 Å². The standard InChI is InChI=1S/C11H23NSi/c1-6-7-8-11(2,12)9-10-13(3,4)5/h6-8,12H2,1-5H3. The molecule has 0 amide bonds. The Morgan fingerprint density at radius 3 is 2.23 bits per heavy atom. The van der Waals surface area contributed by atoms with Gasteiger partial charge < -0.3 is 5.73 Å². The normalized spacial score (nSPS) is 15.8. The molecule has 76 valence electrons. The lowest BCUT2D eigenvalue weighted by Gasteiger charge is -2.18. The SMILES string of the molecule is CCCCC(C)(N)C#C[Si](C)(C)C. The molecule has 0 fully saturated rings. The van der Waals surface area contributed by atoms with Crippen molar-refractivity contribution in [2.45, 2.75) is 58.3 Å². The van der Waals surface area contributed by atoms with Crippen LogP contribution in [-0.4, -0.2) is 13.6 Å². The molecule has 0 aliphatic rings. The van der Waals surface area contributed by atoms with E-state index >= 15 is 0 Å². The molecule has 0 rings (SSSR count). The lowest BCUT2D eigenvalue weighted by molar-refractivity contribution is 0.523. The molecule has 0 spiro atoms. The quantitative estimate of drug-likeness (QED) is 0.546. The van der Waals surface area contributed by atoms with Crippen molar-refractivity contribution in [1.29, 1.82) is 0 Å². The van der Waals surface area contributed by atoms with Gasteiger partial charge in [0.15, 0.2) is 0 Å². The van der Waals surface area contributed by atoms with Gasteiger partial charge in [-0.1, -0.05) is 45.3 Å². The highest BCUT2D eigenvalue weighted by molar-refractivity contribution is 6.83. The third-order valence-electron chi connectivity index (χ3n) is 1.77. The van der Waals surface area contributed by atoms with Gasteiger partial charge in [0.25, 0.3) is 0 Å². The van der Waals surface area contributed by atoms with Gasteiger partial charge in [0.2, 0.25) is 0 Å². The van der Waals surface area contributed by atoms with Crippen molar-refractivity contribution < 1.29 is 0 Å². The van der Waals surface area contributed by atoms with Crippen LogP contribution in [0.2, 0.25) is 19.6 Å². The van der Waals surface area contributed by atoms with Crippen molar-refractivity contribution in [3.63, 3.8) is 0 Å². The molecule has 0 aromatic carbocycles. The number of rotatable bonds is 3. The minimum Gasteiger partial charge on any atom is -0.315 e. The Hall–Kier alpha value is -0.263. The van der Waals surface area contributed by atoms with Crippen LogP contribution in [0.25, 0.3) is 0 Å². The molecule has 2 N–H and O–H groups in total. The first-order chi connectivity index (χ1) is 5.77. The molecule has 13 heavy (non-hydrogen) atoms. The van der Waals surface area contributed by atoms with E-state index in [1.807, 2.05) is 6.92 Å². The molecule has 0 aromatic rings. The molecule has 0 heterocycles. The maximum Gasteiger partial charge on any atom is 0.129 e. The molecular weight excluding hydrogens is 174 g/mol. The van der Waals surface area contributed by atoms with Gasteiger partial charge in [-0.25, -0.2) is 0 Å². The van der Waals surface area contributed by atoms with Gasteiger partial charge >= 0.3 is 0 Å². The van der Waals surface area contributed by atoms with Gasteiger partial charge in [-0.05, 0) is 13.3 Å². The van der Waals surface area contributed by atoms with Gasteiger partial charge in [-0.3, -0.25) is 0 Å². The summed E-state index contributed by atoms with van der Waals surface area (Å²) in [5, 5.41) is 0. The number of hydrogen-bond acceptors (Lipinski definition) is 1. The van der Waals surface area contributed by atoms with Crippen LogP contribution >= 0.6 is 0 Å². The van der Waals surface area contributed by atoms with Crippen LogP contribution in [0.5, 0.6) is 0 Å². The topological polar surface area (TPSA) is 26.0 Å². The van der Waals surface area contributed by atoms with E-state index in [-0.39, 0.29) is 5.54 Å². The van der Waals surface area contributed by atoms with Gasteiger partial charge in [-0.2, -0.15) is 0 Å². The molecule has 1 nitrogen and oxygen atoms in total. The minimum atomic E-state index is -1.25. The summed E-state index contributed by atoms with van der Waals surface area (Å²) in [6.45, 7) is 11.0. The monoisotopic (exact) mass is 197 g/mol. The van der Waals surface area contributed by atoms with Crippen LogP contribution in [-0.2, 0) is 0 Å². The van der Waals surface area contributed by atoms with Gasteiger partial charge in [0.05, 0.1) is 5.54 Å². The molecular formula is C11H23NSi. The predicted molar refractivity (Wildman–Crippen MR) is 63.2 cm³/mol. The summed E-state index contributed by atoms with van der Waals surface area (Å²) >= 11 is 0. The smallest absolute Gasteiger partial charge is 0.129 e. The highest BCUT2D eigenvalue weighted by Crippen LogP contribution is 2.09. The Balaban J connectivity index is 4.20. The zero-order valence-corrected chi connectivity index (χ0v) is 10.7. The molecule has 0 aliphatic carbocycles. The third-order valence-corrected chi connectivity index (χ3v) is 2.65. The summed E-state index contributed by atoms with van der Waals surface area (Å²) in [5.74, 6) is 3.22. The van der Waals surface area contributed by atoms with Crippen LogP contribution in [0.15, 0.2) is 0 Å². The second kappa shape index (κ2) is 4.83. The molecule has 0 bridgehead atoms. The van der Waals surface area contributed by atoms with E-state index in [0.29, 0.717) is 0 Å². The van der Waals surface area contributed by atoms with Crippen LogP contribution < -0.4 is 5.73 Å². The minimum absolute atomic E-state index is 0.268. The Morgan fingerprint density at radius 2 is 1.85 bits per heavy atom. The summed E-state index contributed by atoms with van der Waals surface area (Å²) in [5.41, 5.74) is 9.13. The zero-order chi connectivity index (χ0) is 10.5. The highest BCUT2D eigenvalue weighted by atomic mass is 28.3. The van der Waals surface area contributed by atoms with E-state index in [0.717, 1.165) is 6.42 Å². The summed E-state index contributed by atoms with van der Waals surface area (Å²) < 4.78 is 0. The Labute approximate surface area is 84.1 Å². The lowest BCUT2D eigenvalue weighted by atomic mass is 9.98. The maximum atomic E-state index is 6.06. The van der Waals surface area contributed by atoms with Crippen LogP contribution in [0, 0.1) is 11.5 Å². The molecule has 2 heteroatoms. The van der Waals surface area contributed by atoms with Crippen LogP contribution in [0.3, 0.4) is 0 Å². The number of nitrogens with two attached hydrogens (primary N) is 1. The average molecular weight is 197 g/mol. The molecule has 0 aromatic heterocycles. The van der Waals surface area contributed by atoms with Crippen LogP contribution in [0.1, 0.15) is 33.1 Å². The van der Waals surface area contributed by atoms with E-state index < -0.39 is 8.07 Å². The molecule has 1 atom stereocenters. The summed E-state index contributed by atoms with van der Waals surface area (Å²) in [7, 11) is -1.25. The first-order valence-electron chi connectivity index (χ1n) is 5.10. The molecule has 0 radical (unpaired) electrons. The van der Waals surface area contributed by atoms with Crippen molar-refractivity contribution >= 4 is 8.07 Å². The van der Waals surface area contributed by atoms with Crippen LogP contribution in [0.4, 0.5) is 0 Å². The van der Waals surface area contributed by atoms with Crippen molar-refractivity contribution in [2.75, 3.05) is 0 Å². The fraction of sp³-hybridized carbons (Fsp3) is 0.818. The van der Waals surface area contributed by atoms with Crippen molar-refractivity contribution in [2.24, 2.45) is 5.73 Å². The number of unbranched alkanes of at least 4 members (excludes halogenated alkanes) is 1. The lowest BCUT2D eigenvalue weighted by Crippen LogP contribution is -2.35. The molecule has 0 saturated heterocycles. The Morgan fingerprint density at radius 1 is 1.31 bits per heavy atom. The second-order valence-corrected chi connectivity index (χ2v) is 9.77. The zero-order valence-electron chi connectivity index (χ0n) is 9.70. The molecule has 0 saturated carbocycles. The molecule has 1 unspecified atom stereocenters. The average Bonchev–Trinajstić information content (AvgIpc) is 1.97. The van der Waals surface area contributed by atoms with E-state index in [2.05, 4.69) is 38.0 Å². The van der Waals surface area contributed by atoms with Gasteiger partial charge in [0.1, 0.15) is 8.07 Å². The van der Waals surface area contributed by atoms with Crippen molar-refractivity contribution in [1.82, 2.24) is 0 Å². The largest absolute Gasteiger partial charge is 0.315 e.